The molecule has 0 unspecified atom stereocenters. The van der Waals surface area contributed by atoms with Crippen LogP contribution in [0.15, 0.2) is 17.1 Å². The van der Waals surface area contributed by atoms with E-state index in [1.807, 2.05) is 6.07 Å². The van der Waals surface area contributed by atoms with Crippen LogP contribution in [-0.4, -0.2) is 55.3 Å². The van der Waals surface area contributed by atoms with Crippen molar-refractivity contribution in [3.05, 3.63) is 17.7 Å². The van der Waals surface area contributed by atoms with Gasteiger partial charge in [-0.1, -0.05) is 6.42 Å². The van der Waals surface area contributed by atoms with Gasteiger partial charge in [-0.3, -0.25) is 0 Å². The Hall–Kier alpha value is -1.79. The highest BCUT2D eigenvalue weighted by Gasteiger charge is 2.47. The predicted molar refractivity (Wildman–Crippen MR) is 97.0 cm³/mol. The van der Waals surface area contributed by atoms with E-state index in [9.17, 15) is 5.11 Å². The first-order valence-corrected chi connectivity index (χ1v) is 9.23. The maximum atomic E-state index is 9.57. The molecule has 1 aromatic carbocycles. The second-order valence-corrected chi connectivity index (χ2v) is 7.40. The van der Waals surface area contributed by atoms with Gasteiger partial charge in [0, 0.05) is 25.7 Å². The van der Waals surface area contributed by atoms with E-state index in [0.29, 0.717) is 6.61 Å². The fraction of sp³-hybridized carbons (Fsp3) is 0.632. The number of aliphatic hydroxyl groups excluding tert-OH is 1. The van der Waals surface area contributed by atoms with Gasteiger partial charge in [-0.05, 0) is 37.3 Å². The molecule has 2 fully saturated rings. The number of ether oxygens (including phenoxy) is 2. The number of fused-ring (bicyclic) bond motifs is 2. The zero-order valence-corrected chi connectivity index (χ0v) is 14.8. The van der Waals surface area contributed by atoms with E-state index in [2.05, 4.69) is 16.0 Å². The van der Waals surface area contributed by atoms with Crippen LogP contribution < -0.4 is 15.2 Å². The van der Waals surface area contributed by atoms with E-state index in [1.54, 1.807) is 7.11 Å². The summed E-state index contributed by atoms with van der Waals surface area (Å²) in [6, 6.07) is 4.03. The van der Waals surface area contributed by atoms with Crippen molar-refractivity contribution in [3.8, 4) is 11.5 Å². The zero-order valence-electron chi connectivity index (χ0n) is 14.8. The van der Waals surface area contributed by atoms with Crippen molar-refractivity contribution in [2.24, 2.45) is 10.7 Å². The number of amidine groups is 1. The van der Waals surface area contributed by atoms with Crippen LogP contribution in [-0.2, 0) is 5.41 Å². The van der Waals surface area contributed by atoms with Crippen LogP contribution in [0.3, 0.4) is 0 Å². The number of β-amino-alcohol motifs (C(OH)–C–C–N with tert-alkyl or cyclic N) is 1. The fourth-order valence-electron chi connectivity index (χ4n) is 4.21. The highest BCUT2D eigenvalue weighted by molar-refractivity contribution is 6.00. The minimum atomic E-state index is -0.167. The van der Waals surface area contributed by atoms with Crippen molar-refractivity contribution in [1.29, 1.82) is 0 Å². The second kappa shape index (κ2) is 6.50. The van der Waals surface area contributed by atoms with Crippen LogP contribution in [0.4, 0.5) is 5.69 Å². The van der Waals surface area contributed by atoms with Crippen LogP contribution in [0, 0.1) is 0 Å². The molecule has 0 radical (unpaired) electrons. The summed E-state index contributed by atoms with van der Waals surface area (Å²) < 4.78 is 11.5. The summed E-state index contributed by atoms with van der Waals surface area (Å²) in [5.41, 5.74) is 8.27. The van der Waals surface area contributed by atoms with Gasteiger partial charge in [-0.2, -0.15) is 0 Å². The summed E-state index contributed by atoms with van der Waals surface area (Å²) in [6.07, 6.45) is 4.96. The molecule has 1 aromatic rings. The molecular weight excluding hydrogens is 318 g/mol. The number of nitrogens with zero attached hydrogens (tertiary/aromatic N) is 2. The first kappa shape index (κ1) is 16.7. The number of benzene rings is 1. The van der Waals surface area contributed by atoms with E-state index >= 15 is 0 Å². The topological polar surface area (TPSA) is 80.3 Å². The molecule has 4 rings (SSSR count). The summed E-state index contributed by atoms with van der Waals surface area (Å²) in [7, 11) is 1.67. The Labute approximate surface area is 148 Å². The quantitative estimate of drug-likeness (QED) is 0.771. The lowest BCUT2D eigenvalue weighted by molar-refractivity contribution is 0.172. The van der Waals surface area contributed by atoms with E-state index in [0.717, 1.165) is 68.3 Å². The summed E-state index contributed by atoms with van der Waals surface area (Å²) in [5.74, 6) is 2.22. The van der Waals surface area contributed by atoms with Crippen LogP contribution in [0.2, 0.25) is 0 Å². The Morgan fingerprint density at radius 2 is 2.20 bits per heavy atom. The van der Waals surface area contributed by atoms with Crippen LogP contribution in [0.25, 0.3) is 0 Å². The molecule has 6 nitrogen and oxygen atoms in total. The Bertz CT molecular complexity index is 685. The lowest BCUT2D eigenvalue weighted by Gasteiger charge is -2.38. The predicted octanol–water partition coefficient (Wildman–Crippen LogP) is 1.95. The van der Waals surface area contributed by atoms with Crippen LogP contribution >= 0.6 is 0 Å². The third-order valence-electron chi connectivity index (χ3n) is 5.86. The number of likely N-dealkylation sites (tertiary alicyclic amines) is 1. The number of methoxy groups -OCH3 is 1. The van der Waals surface area contributed by atoms with Crippen molar-refractivity contribution >= 4 is 11.5 Å². The molecule has 3 aliphatic rings. The summed E-state index contributed by atoms with van der Waals surface area (Å²) >= 11 is 0. The Morgan fingerprint density at radius 1 is 1.36 bits per heavy atom. The smallest absolute Gasteiger partial charge is 0.163 e. The SMILES string of the molecule is COc1cc2c(cc1OCCCN1CC[C@H](O)C1)N=C(N)C21CCC1. The normalized spacial score (nSPS) is 24.1. The number of nitrogens with two attached hydrogens (primary N) is 1. The Kier molecular flexibility index (Phi) is 4.33. The van der Waals surface area contributed by atoms with Gasteiger partial charge in [0.1, 0.15) is 5.84 Å². The average Bonchev–Trinajstić information content (AvgIpc) is 3.09. The molecule has 0 bridgehead atoms. The molecular formula is C19H27N3O3. The van der Waals surface area contributed by atoms with Crippen molar-refractivity contribution < 1.29 is 14.6 Å². The Morgan fingerprint density at radius 3 is 2.84 bits per heavy atom. The number of rotatable bonds is 6. The van der Waals surface area contributed by atoms with Gasteiger partial charge in [-0.25, -0.2) is 4.99 Å². The maximum Gasteiger partial charge on any atom is 0.163 e. The highest BCUT2D eigenvalue weighted by Crippen LogP contribution is 2.53. The highest BCUT2D eigenvalue weighted by atomic mass is 16.5. The monoisotopic (exact) mass is 345 g/mol. The largest absolute Gasteiger partial charge is 0.493 e. The third-order valence-corrected chi connectivity index (χ3v) is 5.86. The zero-order chi connectivity index (χ0) is 17.4. The van der Waals surface area contributed by atoms with Gasteiger partial charge in [0.2, 0.25) is 0 Å². The molecule has 25 heavy (non-hydrogen) atoms. The lowest BCUT2D eigenvalue weighted by atomic mass is 9.64. The van der Waals surface area contributed by atoms with Gasteiger partial charge >= 0.3 is 0 Å². The molecule has 1 saturated carbocycles. The molecule has 1 aliphatic carbocycles. The summed E-state index contributed by atoms with van der Waals surface area (Å²) in [5, 5.41) is 9.57. The van der Waals surface area contributed by atoms with E-state index in [1.165, 1.54) is 12.0 Å². The molecule has 3 N–H and O–H groups in total. The molecule has 2 heterocycles. The van der Waals surface area contributed by atoms with E-state index < -0.39 is 0 Å². The van der Waals surface area contributed by atoms with Crippen molar-refractivity contribution in [2.75, 3.05) is 33.4 Å². The minimum absolute atomic E-state index is 0.0578. The van der Waals surface area contributed by atoms with E-state index in [-0.39, 0.29) is 11.5 Å². The number of hydrogen-bond acceptors (Lipinski definition) is 6. The molecule has 1 atom stereocenters. The first-order valence-electron chi connectivity index (χ1n) is 9.23. The van der Waals surface area contributed by atoms with E-state index in [4.69, 9.17) is 15.2 Å². The molecule has 1 saturated heterocycles. The molecule has 2 aliphatic heterocycles. The molecule has 1 spiro atoms. The van der Waals surface area contributed by atoms with Gasteiger partial charge in [-0.15, -0.1) is 0 Å². The molecule has 0 aromatic heterocycles. The number of aliphatic imine (C=N–C) groups is 1. The minimum Gasteiger partial charge on any atom is -0.493 e. The number of hydrogen-bond donors (Lipinski definition) is 2. The second-order valence-electron chi connectivity index (χ2n) is 7.40. The summed E-state index contributed by atoms with van der Waals surface area (Å²) in [6.45, 7) is 3.31. The van der Waals surface area contributed by atoms with Gasteiger partial charge in [0.15, 0.2) is 11.5 Å². The maximum absolute atomic E-state index is 9.57. The fourth-order valence-corrected chi connectivity index (χ4v) is 4.21. The molecule has 136 valence electrons. The van der Waals surface area contributed by atoms with Crippen LogP contribution in [0.5, 0.6) is 11.5 Å². The lowest BCUT2D eigenvalue weighted by Crippen LogP contribution is -2.44. The van der Waals surface area contributed by atoms with Crippen molar-refractivity contribution in [2.45, 2.75) is 43.6 Å². The third kappa shape index (κ3) is 2.87. The standard InChI is InChI=1S/C19H27N3O3/c1-24-16-10-14-15(21-18(20)19(14)5-2-6-19)11-17(16)25-9-3-7-22-8-4-13(23)12-22/h10-11,13,23H,2-9,12H2,1H3,(H2,20,21)/t13-/m0/s1. The molecule has 6 heteroatoms. The van der Waals surface area contributed by atoms with Crippen molar-refractivity contribution in [3.63, 3.8) is 0 Å². The van der Waals surface area contributed by atoms with Gasteiger partial charge in [0.25, 0.3) is 0 Å². The summed E-state index contributed by atoms with van der Waals surface area (Å²) in [4.78, 5) is 6.86. The Balaban J connectivity index is 1.41. The van der Waals surface area contributed by atoms with Crippen molar-refractivity contribution in [1.82, 2.24) is 4.90 Å². The first-order chi connectivity index (χ1) is 12.1. The van der Waals surface area contributed by atoms with Gasteiger partial charge < -0.3 is 25.2 Å². The molecule has 0 amide bonds. The van der Waals surface area contributed by atoms with Crippen LogP contribution in [0.1, 0.15) is 37.7 Å². The average molecular weight is 345 g/mol. The van der Waals surface area contributed by atoms with Gasteiger partial charge in [0.05, 0.1) is 30.9 Å². The number of aliphatic hydroxyl groups is 1.